The van der Waals surface area contributed by atoms with Gasteiger partial charge in [0.25, 0.3) is 0 Å². The summed E-state index contributed by atoms with van der Waals surface area (Å²) in [6.45, 7) is 0.168. The molecule has 0 fully saturated rings. The van der Waals surface area contributed by atoms with Crippen molar-refractivity contribution >= 4 is 23.5 Å². The number of fused-ring (bicyclic) bond motifs is 1. The zero-order valence-corrected chi connectivity index (χ0v) is 12.9. The lowest BCUT2D eigenvalue weighted by Crippen LogP contribution is -2.41. The fourth-order valence-electron chi connectivity index (χ4n) is 2.52. The lowest BCUT2D eigenvalue weighted by Gasteiger charge is -2.29. The minimum absolute atomic E-state index is 0.00296. The standard InChI is InChI=1S/C16H20N2O5/c1-23-13(16(21)22)10-17-14(19)8-9-18-12-5-3-2-4-11(12)6-7-15(18)20/h2-5,13H,6-10H2,1H3,(H,17,19)(H,21,22). The molecule has 2 rings (SSSR count). The predicted octanol–water partition coefficient (Wildman–Crippen LogP) is 0.572. The molecule has 1 aromatic carbocycles. The number of hydrogen-bond donors (Lipinski definition) is 2. The molecule has 124 valence electrons. The third-order valence-corrected chi connectivity index (χ3v) is 3.80. The van der Waals surface area contributed by atoms with Crippen LogP contribution in [0.3, 0.4) is 0 Å². The van der Waals surface area contributed by atoms with E-state index in [0.29, 0.717) is 12.8 Å². The summed E-state index contributed by atoms with van der Waals surface area (Å²) < 4.78 is 4.74. The molecular weight excluding hydrogens is 300 g/mol. The molecule has 23 heavy (non-hydrogen) atoms. The molecule has 0 aromatic heterocycles. The maximum Gasteiger partial charge on any atom is 0.334 e. The smallest absolute Gasteiger partial charge is 0.334 e. The van der Waals surface area contributed by atoms with Crippen LogP contribution >= 0.6 is 0 Å². The van der Waals surface area contributed by atoms with Crippen LogP contribution in [0.25, 0.3) is 0 Å². The van der Waals surface area contributed by atoms with Crippen LogP contribution in [0, 0.1) is 0 Å². The van der Waals surface area contributed by atoms with E-state index in [1.165, 1.54) is 7.11 Å². The maximum atomic E-state index is 12.1. The van der Waals surface area contributed by atoms with Gasteiger partial charge in [-0.15, -0.1) is 0 Å². The van der Waals surface area contributed by atoms with Gasteiger partial charge in [-0.1, -0.05) is 18.2 Å². The van der Waals surface area contributed by atoms with E-state index in [1.54, 1.807) is 4.90 Å². The highest BCUT2D eigenvalue weighted by molar-refractivity contribution is 5.97. The molecule has 2 N–H and O–H groups in total. The lowest BCUT2D eigenvalue weighted by molar-refractivity contribution is -0.148. The molecule has 0 aliphatic carbocycles. The van der Waals surface area contributed by atoms with Crippen molar-refractivity contribution < 1.29 is 24.2 Å². The van der Waals surface area contributed by atoms with E-state index in [0.717, 1.165) is 11.3 Å². The van der Waals surface area contributed by atoms with Gasteiger partial charge in [0, 0.05) is 32.2 Å². The summed E-state index contributed by atoms with van der Waals surface area (Å²) in [6, 6.07) is 7.64. The summed E-state index contributed by atoms with van der Waals surface area (Å²) in [5, 5.41) is 11.3. The number of carboxylic acids is 1. The minimum Gasteiger partial charge on any atom is -0.479 e. The zero-order valence-electron chi connectivity index (χ0n) is 12.9. The number of carbonyl (C=O) groups excluding carboxylic acids is 2. The van der Waals surface area contributed by atoms with Crippen molar-refractivity contribution in [2.45, 2.75) is 25.4 Å². The number of carboxylic acid groups (broad SMARTS) is 1. The number of amides is 2. The maximum absolute atomic E-state index is 12.1. The first kappa shape index (κ1) is 17.0. The van der Waals surface area contributed by atoms with Gasteiger partial charge in [0.15, 0.2) is 6.10 Å². The second-order valence-corrected chi connectivity index (χ2v) is 5.29. The van der Waals surface area contributed by atoms with E-state index >= 15 is 0 Å². The van der Waals surface area contributed by atoms with Crippen molar-refractivity contribution in [3.05, 3.63) is 29.8 Å². The van der Waals surface area contributed by atoms with Crippen molar-refractivity contribution in [3.63, 3.8) is 0 Å². The molecule has 1 aromatic rings. The predicted molar refractivity (Wildman–Crippen MR) is 83.2 cm³/mol. The molecule has 7 nitrogen and oxygen atoms in total. The highest BCUT2D eigenvalue weighted by Crippen LogP contribution is 2.27. The molecule has 1 heterocycles. The first-order valence-electron chi connectivity index (χ1n) is 7.43. The number of hydrogen-bond acceptors (Lipinski definition) is 4. The molecule has 0 saturated carbocycles. The van der Waals surface area contributed by atoms with Crippen LogP contribution < -0.4 is 10.2 Å². The fourth-order valence-corrected chi connectivity index (χ4v) is 2.52. The molecule has 1 atom stereocenters. The van der Waals surface area contributed by atoms with E-state index in [9.17, 15) is 14.4 Å². The Bertz CT molecular complexity index is 602. The topological polar surface area (TPSA) is 95.9 Å². The van der Waals surface area contributed by atoms with Gasteiger partial charge in [-0.25, -0.2) is 4.79 Å². The summed E-state index contributed by atoms with van der Waals surface area (Å²) in [7, 11) is 1.27. The molecular formula is C16H20N2O5. The van der Waals surface area contributed by atoms with Gasteiger partial charge in [0.2, 0.25) is 11.8 Å². The SMILES string of the molecule is COC(CNC(=O)CCN1C(=O)CCc2ccccc21)C(=O)O. The monoisotopic (exact) mass is 320 g/mol. The molecule has 7 heteroatoms. The van der Waals surface area contributed by atoms with Crippen LogP contribution in [0.2, 0.25) is 0 Å². The first-order chi connectivity index (χ1) is 11.0. The van der Waals surface area contributed by atoms with Crippen molar-refractivity contribution in [1.82, 2.24) is 5.32 Å². The Kier molecular flexibility index (Phi) is 5.70. The zero-order chi connectivity index (χ0) is 16.8. The summed E-state index contributed by atoms with van der Waals surface area (Å²) in [5.41, 5.74) is 1.94. The Labute approximate surface area is 134 Å². The summed E-state index contributed by atoms with van der Waals surface area (Å²) in [6.07, 6.45) is 0.182. The molecule has 0 saturated heterocycles. The van der Waals surface area contributed by atoms with Gasteiger partial charge in [-0.2, -0.15) is 0 Å². The van der Waals surface area contributed by atoms with Crippen LogP contribution in [0.1, 0.15) is 18.4 Å². The van der Waals surface area contributed by atoms with E-state index in [1.807, 2.05) is 24.3 Å². The molecule has 0 radical (unpaired) electrons. The van der Waals surface area contributed by atoms with Crippen LogP contribution in [-0.2, 0) is 25.5 Å². The van der Waals surface area contributed by atoms with Crippen LogP contribution in [-0.4, -0.2) is 49.2 Å². The number of aliphatic carboxylic acids is 1. The Balaban J connectivity index is 1.89. The van der Waals surface area contributed by atoms with Crippen LogP contribution in [0.5, 0.6) is 0 Å². The molecule has 0 bridgehead atoms. The van der Waals surface area contributed by atoms with E-state index in [4.69, 9.17) is 9.84 Å². The first-order valence-corrected chi connectivity index (χ1v) is 7.43. The quantitative estimate of drug-likeness (QED) is 0.766. The number of carbonyl (C=O) groups is 3. The fraction of sp³-hybridized carbons (Fsp3) is 0.438. The molecule has 1 unspecified atom stereocenters. The van der Waals surface area contributed by atoms with Crippen molar-refractivity contribution in [2.75, 3.05) is 25.1 Å². The highest BCUT2D eigenvalue weighted by Gasteiger charge is 2.24. The number of nitrogens with zero attached hydrogens (tertiary/aromatic N) is 1. The largest absolute Gasteiger partial charge is 0.479 e. The number of ether oxygens (including phenoxy) is 1. The normalized spacial score (nSPS) is 15.0. The second kappa shape index (κ2) is 7.73. The van der Waals surface area contributed by atoms with E-state index < -0.39 is 12.1 Å². The summed E-state index contributed by atoms with van der Waals surface area (Å²) in [5.74, 6) is -1.45. The molecule has 0 spiro atoms. The van der Waals surface area contributed by atoms with Gasteiger partial charge < -0.3 is 20.1 Å². The number of para-hydroxylation sites is 1. The van der Waals surface area contributed by atoms with Crippen molar-refractivity contribution in [3.8, 4) is 0 Å². The molecule has 2 amide bonds. The van der Waals surface area contributed by atoms with Gasteiger partial charge in [-0.3, -0.25) is 9.59 Å². The third-order valence-electron chi connectivity index (χ3n) is 3.80. The van der Waals surface area contributed by atoms with Crippen molar-refractivity contribution in [1.29, 1.82) is 0 Å². The van der Waals surface area contributed by atoms with Gasteiger partial charge in [0.05, 0.1) is 6.54 Å². The molecule has 1 aliphatic rings. The van der Waals surface area contributed by atoms with Gasteiger partial charge in [-0.05, 0) is 18.1 Å². The van der Waals surface area contributed by atoms with Gasteiger partial charge in [0.1, 0.15) is 0 Å². The number of anilines is 1. The van der Waals surface area contributed by atoms with E-state index in [-0.39, 0.29) is 31.3 Å². The number of methoxy groups -OCH3 is 1. The number of rotatable bonds is 7. The Morgan fingerprint density at radius 3 is 2.78 bits per heavy atom. The second-order valence-electron chi connectivity index (χ2n) is 5.29. The van der Waals surface area contributed by atoms with Crippen LogP contribution in [0.4, 0.5) is 5.69 Å². The Morgan fingerprint density at radius 1 is 1.35 bits per heavy atom. The van der Waals surface area contributed by atoms with Crippen molar-refractivity contribution in [2.24, 2.45) is 0 Å². The average molecular weight is 320 g/mol. The van der Waals surface area contributed by atoms with Crippen LogP contribution in [0.15, 0.2) is 24.3 Å². The Hall–Kier alpha value is -2.41. The summed E-state index contributed by atoms with van der Waals surface area (Å²) >= 11 is 0. The number of nitrogens with one attached hydrogen (secondary N) is 1. The molecule has 1 aliphatic heterocycles. The average Bonchev–Trinajstić information content (AvgIpc) is 2.54. The van der Waals surface area contributed by atoms with E-state index in [2.05, 4.69) is 5.32 Å². The highest BCUT2D eigenvalue weighted by atomic mass is 16.5. The number of aryl methyl sites for hydroxylation is 1. The Morgan fingerprint density at radius 2 is 2.09 bits per heavy atom. The minimum atomic E-state index is -1.13. The third kappa shape index (κ3) is 4.29. The lowest BCUT2D eigenvalue weighted by atomic mass is 10.0. The number of benzene rings is 1. The van der Waals surface area contributed by atoms with Gasteiger partial charge >= 0.3 is 5.97 Å². The summed E-state index contributed by atoms with van der Waals surface area (Å²) in [4.78, 5) is 36.3.